The Balaban J connectivity index is 2.23. The number of nitrogens with one attached hydrogen (secondary N) is 1. The zero-order valence-corrected chi connectivity index (χ0v) is 9.58. The predicted molar refractivity (Wildman–Crippen MR) is 57.9 cm³/mol. The quantitative estimate of drug-likeness (QED) is 0.598. The van der Waals surface area contributed by atoms with Gasteiger partial charge in [0.15, 0.2) is 0 Å². The lowest BCUT2D eigenvalue weighted by atomic mass is 9.96. The van der Waals surface area contributed by atoms with E-state index in [1.165, 1.54) is 0 Å². The fourth-order valence-corrected chi connectivity index (χ4v) is 1.77. The topological polar surface area (TPSA) is 58.6 Å². The van der Waals surface area contributed by atoms with Crippen molar-refractivity contribution in [2.24, 2.45) is 5.92 Å². The molecule has 1 fully saturated rings. The molecule has 0 bridgehead atoms. The van der Waals surface area contributed by atoms with E-state index >= 15 is 0 Å². The van der Waals surface area contributed by atoms with Crippen LogP contribution in [0.1, 0.15) is 32.6 Å². The number of ether oxygens (including phenoxy) is 1. The van der Waals surface area contributed by atoms with Gasteiger partial charge in [-0.3, -0.25) is 4.79 Å². The van der Waals surface area contributed by atoms with Crippen molar-refractivity contribution in [2.75, 3.05) is 20.3 Å². The number of rotatable bonds is 8. The number of hydrogen-bond acceptors (Lipinski definition) is 3. The second-order valence-electron chi connectivity index (χ2n) is 4.41. The van der Waals surface area contributed by atoms with E-state index in [2.05, 4.69) is 5.32 Å². The highest BCUT2D eigenvalue weighted by atomic mass is 16.5. The highest BCUT2D eigenvalue weighted by molar-refractivity contribution is 5.79. The zero-order chi connectivity index (χ0) is 11.3. The lowest BCUT2D eigenvalue weighted by Crippen LogP contribution is -2.51. The smallest absolute Gasteiger partial charge is 0.323 e. The maximum absolute atomic E-state index is 11.1. The molecule has 1 saturated carbocycles. The Morgan fingerprint density at radius 1 is 1.53 bits per heavy atom. The van der Waals surface area contributed by atoms with Crippen LogP contribution in [0.2, 0.25) is 0 Å². The van der Waals surface area contributed by atoms with E-state index in [1.807, 2.05) is 0 Å². The Kier molecular flexibility index (Phi) is 4.54. The van der Waals surface area contributed by atoms with Gasteiger partial charge in [-0.1, -0.05) is 0 Å². The lowest BCUT2D eigenvalue weighted by molar-refractivity contribution is -0.145. The predicted octanol–water partition coefficient (Wildman–Crippen LogP) is 1.26. The maximum Gasteiger partial charge on any atom is 0.323 e. The summed E-state index contributed by atoms with van der Waals surface area (Å²) in [6, 6.07) is 0. The second kappa shape index (κ2) is 5.47. The van der Waals surface area contributed by atoms with Crippen LogP contribution in [0.25, 0.3) is 0 Å². The molecule has 15 heavy (non-hydrogen) atoms. The Labute approximate surface area is 91.0 Å². The van der Waals surface area contributed by atoms with Crippen LogP contribution in [0.3, 0.4) is 0 Å². The van der Waals surface area contributed by atoms with Crippen molar-refractivity contribution >= 4 is 5.97 Å². The van der Waals surface area contributed by atoms with Gasteiger partial charge in [0.1, 0.15) is 5.54 Å². The molecule has 0 aromatic heterocycles. The number of carbonyl (C=O) groups is 1. The Morgan fingerprint density at radius 2 is 2.20 bits per heavy atom. The van der Waals surface area contributed by atoms with Gasteiger partial charge in [-0.25, -0.2) is 0 Å². The first-order valence-electron chi connectivity index (χ1n) is 5.58. The summed E-state index contributed by atoms with van der Waals surface area (Å²) in [5.74, 6) is -0.408. The monoisotopic (exact) mass is 215 g/mol. The van der Waals surface area contributed by atoms with Crippen molar-refractivity contribution in [3.63, 3.8) is 0 Å². The molecule has 2 N–H and O–H groups in total. The Morgan fingerprint density at radius 3 is 2.67 bits per heavy atom. The third-order valence-corrected chi connectivity index (χ3v) is 3.11. The van der Waals surface area contributed by atoms with Crippen LogP contribution in [0.4, 0.5) is 0 Å². The molecule has 0 heterocycles. The van der Waals surface area contributed by atoms with Crippen molar-refractivity contribution in [3.8, 4) is 0 Å². The zero-order valence-electron chi connectivity index (χ0n) is 9.58. The van der Waals surface area contributed by atoms with Crippen LogP contribution < -0.4 is 5.32 Å². The van der Waals surface area contributed by atoms with Gasteiger partial charge in [0, 0.05) is 13.7 Å². The molecule has 0 saturated heterocycles. The number of hydrogen-bond donors (Lipinski definition) is 2. The minimum Gasteiger partial charge on any atom is -0.480 e. The minimum atomic E-state index is -0.725. The van der Waals surface area contributed by atoms with E-state index in [0.717, 1.165) is 38.8 Å². The van der Waals surface area contributed by atoms with Crippen molar-refractivity contribution in [2.45, 2.75) is 38.1 Å². The van der Waals surface area contributed by atoms with Crippen molar-refractivity contribution < 1.29 is 14.6 Å². The molecule has 0 radical (unpaired) electrons. The Bertz CT molecular complexity index is 216. The number of carboxylic acids is 1. The van der Waals surface area contributed by atoms with E-state index in [1.54, 1.807) is 14.0 Å². The SMILES string of the molecule is COCCCCNC(C)(C(=O)O)C1CC1. The van der Waals surface area contributed by atoms with Gasteiger partial charge in [0.25, 0.3) is 0 Å². The van der Waals surface area contributed by atoms with Gasteiger partial charge in [-0.2, -0.15) is 0 Å². The number of carboxylic acid groups (broad SMARTS) is 1. The normalized spacial score (nSPS) is 19.9. The number of methoxy groups -OCH3 is 1. The van der Waals surface area contributed by atoms with Gasteiger partial charge in [-0.05, 0) is 45.1 Å². The molecule has 0 amide bonds. The second-order valence-corrected chi connectivity index (χ2v) is 4.41. The summed E-state index contributed by atoms with van der Waals surface area (Å²) >= 11 is 0. The molecule has 1 rings (SSSR count). The molecule has 1 aliphatic rings. The largest absolute Gasteiger partial charge is 0.480 e. The summed E-state index contributed by atoms with van der Waals surface area (Å²) in [6.45, 7) is 3.29. The van der Waals surface area contributed by atoms with Crippen molar-refractivity contribution in [1.29, 1.82) is 0 Å². The van der Waals surface area contributed by atoms with E-state index in [4.69, 9.17) is 9.84 Å². The first kappa shape index (κ1) is 12.5. The maximum atomic E-state index is 11.1. The molecule has 1 aliphatic carbocycles. The molecule has 0 aromatic rings. The van der Waals surface area contributed by atoms with Gasteiger partial charge in [0.05, 0.1) is 0 Å². The standard InChI is InChI=1S/C11H21NO3/c1-11(10(13)14,9-5-6-9)12-7-3-4-8-15-2/h9,12H,3-8H2,1-2H3,(H,13,14). The number of unbranched alkanes of at least 4 members (excludes halogenated alkanes) is 1. The summed E-state index contributed by atoms with van der Waals surface area (Å²) in [5, 5.41) is 12.3. The van der Waals surface area contributed by atoms with Gasteiger partial charge in [0.2, 0.25) is 0 Å². The molecule has 0 aliphatic heterocycles. The van der Waals surface area contributed by atoms with Crippen LogP contribution in [0, 0.1) is 5.92 Å². The molecule has 1 unspecified atom stereocenters. The van der Waals surface area contributed by atoms with E-state index in [0.29, 0.717) is 5.92 Å². The molecular weight excluding hydrogens is 194 g/mol. The fraction of sp³-hybridized carbons (Fsp3) is 0.909. The first-order chi connectivity index (χ1) is 7.11. The van der Waals surface area contributed by atoms with Crippen molar-refractivity contribution in [3.05, 3.63) is 0 Å². The first-order valence-corrected chi connectivity index (χ1v) is 5.58. The molecule has 0 aromatic carbocycles. The summed E-state index contributed by atoms with van der Waals surface area (Å²) < 4.78 is 4.94. The van der Waals surface area contributed by atoms with Crippen LogP contribution in [0.5, 0.6) is 0 Å². The summed E-state index contributed by atoms with van der Waals surface area (Å²) in [7, 11) is 1.68. The summed E-state index contributed by atoms with van der Waals surface area (Å²) in [4.78, 5) is 11.1. The molecule has 4 nitrogen and oxygen atoms in total. The summed E-state index contributed by atoms with van der Waals surface area (Å²) in [5.41, 5.74) is -0.715. The molecule has 88 valence electrons. The summed E-state index contributed by atoms with van der Waals surface area (Å²) in [6.07, 6.45) is 4.01. The fourth-order valence-electron chi connectivity index (χ4n) is 1.77. The van der Waals surface area contributed by atoms with Gasteiger partial charge >= 0.3 is 5.97 Å². The number of aliphatic carboxylic acids is 1. The van der Waals surface area contributed by atoms with Crippen molar-refractivity contribution in [1.82, 2.24) is 5.32 Å². The molecule has 1 atom stereocenters. The van der Waals surface area contributed by atoms with Gasteiger partial charge < -0.3 is 15.2 Å². The highest BCUT2D eigenvalue weighted by Crippen LogP contribution is 2.39. The third kappa shape index (κ3) is 3.47. The van der Waals surface area contributed by atoms with Crippen LogP contribution >= 0.6 is 0 Å². The average molecular weight is 215 g/mol. The van der Waals surface area contributed by atoms with Crippen LogP contribution in [-0.2, 0) is 9.53 Å². The van der Waals surface area contributed by atoms with Gasteiger partial charge in [-0.15, -0.1) is 0 Å². The lowest BCUT2D eigenvalue weighted by Gasteiger charge is -2.26. The van der Waals surface area contributed by atoms with Crippen LogP contribution in [-0.4, -0.2) is 36.9 Å². The van der Waals surface area contributed by atoms with E-state index in [-0.39, 0.29) is 0 Å². The molecule has 4 heteroatoms. The third-order valence-electron chi connectivity index (χ3n) is 3.11. The van der Waals surface area contributed by atoms with E-state index in [9.17, 15) is 4.79 Å². The molecular formula is C11H21NO3. The van der Waals surface area contributed by atoms with E-state index < -0.39 is 11.5 Å². The Hall–Kier alpha value is -0.610. The molecule has 0 spiro atoms. The average Bonchev–Trinajstić information content (AvgIpc) is 3.00. The minimum absolute atomic E-state index is 0.317. The highest BCUT2D eigenvalue weighted by Gasteiger charge is 2.46. The van der Waals surface area contributed by atoms with Crippen LogP contribution in [0.15, 0.2) is 0 Å².